The smallest absolute Gasteiger partial charge is 0.193 e. The molecule has 4 heteroatoms. The zero-order chi connectivity index (χ0) is 13.8. The summed E-state index contributed by atoms with van der Waals surface area (Å²) in [6.45, 7) is 0. The van der Waals surface area contributed by atoms with E-state index in [0.29, 0.717) is 27.6 Å². The van der Waals surface area contributed by atoms with Gasteiger partial charge in [-0.3, -0.25) is 4.79 Å². The molecular formula is C15H13ClO3. The number of carbonyl (C=O) groups excluding carboxylic acids is 1. The van der Waals surface area contributed by atoms with Gasteiger partial charge in [0.2, 0.25) is 0 Å². The van der Waals surface area contributed by atoms with E-state index in [2.05, 4.69) is 0 Å². The number of halogens is 1. The van der Waals surface area contributed by atoms with E-state index in [-0.39, 0.29) is 5.78 Å². The molecule has 0 aromatic heterocycles. The molecule has 19 heavy (non-hydrogen) atoms. The monoisotopic (exact) mass is 276 g/mol. The molecule has 0 radical (unpaired) electrons. The van der Waals surface area contributed by atoms with E-state index in [9.17, 15) is 4.79 Å². The van der Waals surface area contributed by atoms with Crippen molar-refractivity contribution in [2.45, 2.75) is 0 Å². The van der Waals surface area contributed by atoms with Crippen molar-refractivity contribution in [2.75, 3.05) is 14.2 Å². The van der Waals surface area contributed by atoms with Gasteiger partial charge >= 0.3 is 0 Å². The molecule has 2 aromatic carbocycles. The minimum absolute atomic E-state index is 0.103. The van der Waals surface area contributed by atoms with Crippen molar-refractivity contribution in [3.8, 4) is 11.5 Å². The molecule has 0 spiro atoms. The van der Waals surface area contributed by atoms with Gasteiger partial charge in [-0.15, -0.1) is 0 Å². The van der Waals surface area contributed by atoms with Crippen LogP contribution in [0.1, 0.15) is 15.9 Å². The van der Waals surface area contributed by atoms with Crippen LogP contribution in [0.5, 0.6) is 11.5 Å². The first kappa shape index (κ1) is 13.4. The molecule has 0 saturated heterocycles. The number of carbonyl (C=O) groups is 1. The van der Waals surface area contributed by atoms with Gasteiger partial charge < -0.3 is 9.47 Å². The van der Waals surface area contributed by atoms with Gasteiger partial charge in [-0.2, -0.15) is 0 Å². The van der Waals surface area contributed by atoms with E-state index in [1.54, 1.807) is 56.7 Å². The second-order valence-electron chi connectivity index (χ2n) is 3.94. The molecular weight excluding hydrogens is 264 g/mol. The predicted molar refractivity (Wildman–Crippen MR) is 74.4 cm³/mol. The Balaban J connectivity index is 2.40. The van der Waals surface area contributed by atoms with Crippen LogP contribution in [-0.2, 0) is 0 Å². The van der Waals surface area contributed by atoms with Crippen molar-refractivity contribution in [3.05, 3.63) is 58.6 Å². The summed E-state index contributed by atoms with van der Waals surface area (Å²) in [7, 11) is 3.09. The standard InChI is InChI=1S/C15H13ClO3/c1-18-13-7-11(8-14(9-13)19-2)15(17)10-3-5-12(16)6-4-10/h3-9H,1-2H3. The van der Waals surface area contributed by atoms with Crippen LogP contribution in [0.2, 0.25) is 5.02 Å². The quantitative estimate of drug-likeness (QED) is 0.801. The van der Waals surface area contributed by atoms with E-state index >= 15 is 0 Å². The SMILES string of the molecule is COc1cc(OC)cc(C(=O)c2ccc(Cl)cc2)c1. The number of benzene rings is 2. The number of hydrogen-bond acceptors (Lipinski definition) is 3. The highest BCUT2D eigenvalue weighted by Crippen LogP contribution is 2.24. The number of hydrogen-bond donors (Lipinski definition) is 0. The van der Waals surface area contributed by atoms with Crippen molar-refractivity contribution in [2.24, 2.45) is 0 Å². The fourth-order valence-corrected chi connectivity index (χ4v) is 1.83. The second kappa shape index (κ2) is 5.76. The van der Waals surface area contributed by atoms with Gasteiger partial charge in [0.15, 0.2) is 5.78 Å². The molecule has 0 bridgehead atoms. The zero-order valence-corrected chi connectivity index (χ0v) is 11.4. The van der Waals surface area contributed by atoms with E-state index < -0.39 is 0 Å². The molecule has 2 aromatic rings. The summed E-state index contributed by atoms with van der Waals surface area (Å²) in [6.07, 6.45) is 0. The first-order valence-electron chi connectivity index (χ1n) is 5.67. The molecule has 0 aliphatic heterocycles. The average molecular weight is 277 g/mol. The predicted octanol–water partition coefficient (Wildman–Crippen LogP) is 3.59. The van der Waals surface area contributed by atoms with Crippen molar-refractivity contribution < 1.29 is 14.3 Å². The van der Waals surface area contributed by atoms with Crippen molar-refractivity contribution >= 4 is 17.4 Å². The summed E-state index contributed by atoms with van der Waals surface area (Å²) in [5, 5.41) is 0.597. The maximum atomic E-state index is 12.3. The van der Waals surface area contributed by atoms with Gasteiger partial charge in [-0.1, -0.05) is 11.6 Å². The summed E-state index contributed by atoms with van der Waals surface area (Å²) in [4.78, 5) is 12.3. The van der Waals surface area contributed by atoms with Crippen LogP contribution in [0, 0.1) is 0 Å². The molecule has 3 nitrogen and oxygen atoms in total. The lowest BCUT2D eigenvalue weighted by atomic mass is 10.0. The Morgan fingerprint density at radius 2 is 1.42 bits per heavy atom. The third kappa shape index (κ3) is 3.06. The van der Waals surface area contributed by atoms with Crippen LogP contribution in [0.3, 0.4) is 0 Å². The summed E-state index contributed by atoms with van der Waals surface area (Å²) in [6, 6.07) is 11.8. The Morgan fingerprint density at radius 1 is 0.895 bits per heavy atom. The van der Waals surface area contributed by atoms with Gasteiger partial charge in [-0.05, 0) is 36.4 Å². The zero-order valence-electron chi connectivity index (χ0n) is 10.6. The lowest BCUT2D eigenvalue weighted by Gasteiger charge is -2.08. The van der Waals surface area contributed by atoms with Gasteiger partial charge in [0.05, 0.1) is 14.2 Å². The first-order chi connectivity index (χ1) is 9.13. The van der Waals surface area contributed by atoms with Gasteiger partial charge in [0.25, 0.3) is 0 Å². The number of ketones is 1. The molecule has 0 unspecified atom stereocenters. The lowest BCUT2D eigenvalue weighted by molar-refractivity contribution is 0.103. The summed E-state index contributed by atoms with van der Waals surface area (Å²) in [5.74, 6) is 1.06. The fourth-order valence-electron chi connectivity index (χ4n) is 1.71. The summed E-state index contributed by atoms with van der Waals surface area (Å²) >= 11 is 5.81. The maximum absolute atomic E-state index is 12.3. The molecule has 0 N–H and O–H groups in total. The summed E-state index contributed by atoms with van der Waals surface area (Å²) < 4.78 is 10.3. The van der Waals surface area contributed by atoms with Gasteiger partial charge in [0, 0.05) is 22.2 Å². The van der Waals surface area contributed by atoms with E-state index in [4.69, 9.17) is 21.1 Å². The lowest BCUT2D eigenvalue weighted by Crippen LogP contribution is -2.02. The molecule has 0 fully saturated rings. The van der Waals surface area contributed by atoms with Crippen molar-refractivity contribution in [1.82, 2.24) is 0 Å². The van der Waals surface area contributed by atoms with Crippen LogP contribution < -0.4 is 9.47 Å². The Labute approximate surface area is 116 Å². The topological polar surface area (TPSA) is 35.5 Å². The molecule has 0 saturated carbocycles. The summed E-state index contributed by atoms with van der Waals surface area (Å²) in [5.41, 5.74) is 1.08. The molecule has 2 rings (SSSR count). The van der Waals surface area contributed by atoms with Crippen LogP contribution in [0.25, 0.3) is 0 Å². The highest BCUT2D eigenvalue weighted by Gasteiger charge is 2.12. The number of ether oxygens (including phenoxy) is 2. The Morgan fingerprint density at radius 3 is 1.89 bits per heavy atom. The van der Waals surface area contributed by atoms with Crippen LogP contribution in [-0.4, -0.2) is 20.0 Å². The highest BCUT2D eigenvalue weighted by molar-refractivity contribution is 6.30. The van der Waals surface area contributed by atoms with Gasteiger partial charge in [0.1, 0.15) is 11.5 Å². The van der Waals surface area contributed by atoms with Crippen molar-refractivity contribution in [1.29, 1.82) is 0 Å². The van der Waals surface area contributed by atoms with Crippen molar-refractivity contribution in [3.63, 3.8) is 0 Å². The molecule has 0 aliphatic carbocycles. The first-order valence-corrected chi connectivity index (χ1v) is 6.05. The minimum atomic E-state index is -0.103. The van der Waals surface area contributed by atoms with Crippen LogP contribution in [0.4, 0.5) is 0 Å². The third-order valence-electron chi connectivity index (χ3n) is 2.72. The Kier molecular flexibility index (Phi) is 4.07. The molecule has 0 heterocycles. The second-order valence-corrected chi connectivity index (χ2v) is 4.37. The molecule has 0 aliphatic rings. The van der Waals surface area contributed by atoms with Gasteiger partial charge in [-0.25, -0.2) is 0 Å². The number of rotatable bonds is 4. The van der Waals surface area contributed by atoms with E-state index in [0.717, 1.165) is 0 Å². The molecule has 0 amide bonds. The largest absolute Gasteiger partial charge is 0.497 e. The molecule has 98 valence electrons. The van der Waals surface area contributed by atoms with Crippen LogP contribution >= 0.6 is 11.6 Å². The van der Waals surface area contributed by atoms with E-state index in [1.165, 1.54) is 0 Å². The van der Waals surface area contributed by atoms with Crippen LogP contribution in [0.15, 0.2) is 42.5 Å². The Hall–Kier alpha value is -2.00. The average Bonchev–Trinajstić information content (AvgIpc) is 2.46. The minimum Gasteiger partial charge on any atom is -0.497 e. The normalized spacial score (nSPS) is 10.1. The Bertz CT molecular complexity index is 569. The fraction of sp³-hybridized carbons (Fsp3) is 0.133. The van der Waals surface area contributed by atoms with E-state index in [1.807, 2.05) is 0 Å². The maximum Gasteiger partial charge on any atom is 0.193 e. The third-order valence-corrected chi connectivity index (χ3v) is 2.97. The highest BCUT2D eigenvalue weighted by atomic mass is 35.5. The molecule has 0 atom stereocenters. The number of methoxy groups -OCH3 is 2.